The standard InChI is InChI=1S/C24H17FN2O2/c1-15-17(9-5-10-20(15)25)18-13-19-21(14-29-22-11-6-12-26-23(19)22)27(24(18)28)16-7-3-2-4-8-16/h2-13H,14H2,1H3. The Morgan fingerprint density at radius 2 is 1.79 bits per heavy atom. The Bertz CT molecular complexity index is 1300. The van der Waals surface area contributed by atoms with E-state index in [0.717, 1.165) is 16.9 Å². The van der Waals surface area contributed by atoms with Crippen LogP contribution < -0.4 is 10.3 Å². The van der Waals surface area contributed by atoms with Gasteiger partial charge in [-0.05, 0) is 54.4 Å². The number of para-hydroxylation sites is 1. The van der Waals surface area contributed by atoms with Gasteiger partial charge in [-0.15, -0.1) is 0 Å². The summed E-state index contributed by atoms with van der Waals surface area (Å²) in [6, 6.07) is 19.7. The molecule has 0 unspecified atom stereocenters. The fourth-order valence-corrected chi connectivity index (χ4v) is 3.80. The van der Waals surface area contributed by atoms with Crippen molar-refractivity contribution >= 4 is 0 Å². The minimum absolute atomic E-state index is 0.216. The van der Waals surface area contributed by atoms with Crippen molar-refractivity contribution in [3.05, 3.63) is 100 Å². The third kappa shape index (κ3) is 2.74. The van der Waals surface area contributed by atoms with Gasteiger partial charge in [-0.1, -0.05) is 30.3 Å². The Kier molecular flexibility index (Phi) is 4.02. The van der Waals surface area contributed by atoms with Crippen LogP contribution >= 0.6 is 0 Å². The molecule has 0 saturated carbocycles. The lowest BCUT2D eigenvalue weighted by Gasteiger charge is -2.24. The van der Waals surface area contributed by atoms with Crippen LogP contribution in [0.15, 0.2) is 77.7 Å². The largest absolute Gasteiger partial charge is 0.485 e. The first-order chi connectivity index (χ1) is 14.1. The minimum Gasteiger partial charge on any atom is -0.485 e. The van der Waals surface area contributed by atoms with Gasteiger partial charge in [-0.3, -0.25) is 14.3 Å². The number of aromatic nitrogens is 2. The van der Waals surface area contributed by atoms with Crippen LogP contribution in [-0.2, 0) is 6.61 Å². The molecule has 0 radical (unpaired) electrons. The van der Waals surface area contributed by atoms with E-state index in [-0.39, 0.29) is 18.0 Å². The van der Waals surface area contributed by atoms with Crippen molar-refractivity contribution in [1.29, 1.82) is 0 Å². The molecule has 0 bridgehead atoms. The molecule has 0 amide bonds. The van der Waals surface area contributed by atoms with Crippen LogP contribution in [0.5, 0.6) is 5.75 Å². The molecule has 29 heavy (non-hydrogen) atoms. The second-order valence-electron chi connectivity index (χ2n) is 6.95. The molecular weight excluding hydrogens is 367 g/mol. The lowest BCUT2D eigenvalue weighted by atomic mass is 9.96. The van der Waals surface area contributed by atoms with E-state index in [4.69, 9.17) is 4.74 Å². The van der Waals surface area contributed by atoms with Crippen LogP contribution in [0.4, 0.5) is 4.39 Å². The topological polar surface area (TPSA) is 44.1 Å². The first-order valence-corrected chi connectivity index (χ1v) is 9.33. The Balaban J connectivity index is 1.90. The molecule has 1 aliphatic rings. The smallest absolute Gasteiger partial charge is 0.263 e. The molecule has 4 aromatic rings. The predicted molar refractivity (Wildman–Crippen MR) is 110 cm³/mol. The Morgan fingerprint density at radius 1 is 0.966 bits per heavy atom. The van der Waals surface area contributed by atoms with Gasteiger partial charge in [0.25, 0.3) is 5.56 Å². The zero-order chi connectivity index (χ0) is 20.0. The van der Waals surface area contributed by atoms with Crippen molar-refractivity contribution in [2.24, 2.45) is 0 Å². The van der Waals surface area contributed by atoms with E-state index in [9.17, 15) is 9.18 Å². The fourth-order valence-electron chi connectivity index (χ4n) is 3.80. The summed E-state index contributed by atoms with van der Waals surface area (Å²) in [6.45, 7) is 1.94. The zero-order valence-corrected chi connectivity index (χ0v) is 15.7. The number of fused-ring (bicyclic) bond motifs is 3. The highest BCUT2D eigenvalue weighted by molar-refractivity contribution is 5.78. The third-order valence-corrected chi connectivity index (χ3v) is 5.27. The molecule has 2 aromatic heterocycles. The molecule has 5 heteroatoms. The molecule has 0 N–H and O–H groups in total. The zero-order valence-electron chi connectivity index (χ0n) is 15.7. The number of ether oxygens (including phenoxy) is 1. The van der Waals surface area contributed by atoms with E-state index in [2.05, 4.69) is 4.98 Å². The van der Waals surface area contributed by atoms with Crippen molar-refractivity contribution < 1.29 is 9.13 Å². The second-order valence-corrected chi connectivity index (χ2v) is 6.95. The Morgan fingerprint density at radius 3 is 2.62 bits per heavy atom. The molecular formula is C24H17FN2O2. The molecule has 0 aliphatic carbocycles. The maximum atomic E-state index is 14.3. The highest BCUT2D eigenvalue weighted by Crippen LogP contribution is 2.38. The summed E-state index contributed by atoms with van der Waals surface area (Å²) in [4.78, 5) is 18.1. The molecule has 1 aliphatic heterocycles. The lowest BCUT2D eigenvalue weighted by Crippen LogP contribution is -2.27. The summed E-state index contributed by atoms with van der Waals surface area (Å²) in [5.74, 6) is 0.327. The summed E-state index contributed by atoms with van der Waals surface area (Å²) in [7, 11) is 0. The number of pyridine rings is 2. The van der Waals surface area contributed by atoms with Crippen LogP contribution in [0.2, 0.25) is 0 Å². The predicted octanol–water partition coefficient (Wildman–Crippen LogP) is 4.91. The molecule has 142 valence electrons. The van der Waals surface area contributed by atoms with Crippen molar-refractivity contribution in [2.45, 2.75) is 13.5 Å². The second kappa shape index (κ2) is 6.71. The van der Waals surface area contributed by atoms with Gasteiger partial charge < -0.3 is 4.74 Å². The number of benzene rings is 2. The number of hydrogen-bond acceptors (Lipinski definition) is 3. The van der Waals surface area contributed by atoms with Gasteiger partial charge in [0.1, 0.15) is 23.9 Å². The molecule has 3 heterocycles. The van der Waals surface area contributed by atoms with E-state index < -0.39 is 0 Å². The average molecular weight is 384 g/mol. The van der Waals surface area contributed by atoms with Crippen LogP contribution in [-0.4, -0.2) is 9.55 Å². The van der Waals surface area contributed by atoms with Crippen LogP contribution in [0.25, 0.3) is 28.1 Å². The summed E-state index contributed by atoms with van der Waals surface area (Å²) < 4.78 is 21.8. The Labute approximate surface area is 166 Å². The number of hydrogen-bond donors (Lipinski definition) is 0. The molecule has 2 aromatic carbocycles. The van der Waals surface area contributed by atoms with Gasteiger partial charge in [0.15, 0.2) is 0 Å². The van der Waals surface area contributed by atoms with E-state index in [1.165, 1.54) is 6.07 Å². The van der Waals surface area contributed by atoms with Gasteiger partial charge in [0.2, 0.25) is 0 Å². The van der Waals surface area contributed by atoms with Gasteiger partial charge in [-0.25, -0.2) is 4.39 Å². The summed E-state index contributed by atoms with van der Waals surface area (Å²) in [5.41, 5.74) is 4.18. The number of nitrogens with zero attached hydrogens (tertiary/aromatic N) is 2. The number of halogens is 1. The maximum absolute atomic E-state index is 14.3. The van der Waals surface area contributed by atoms with Crippen LogP contribution in [0, 0.1) is 12.7 Å². The highest BCUT2D eigenvalue weighted by Gasteiger charge is 2.25. The summed E-state index contributed by atoms with van der Waals surface area (Å²) in [5, 5.41) is 0. The maximum Gasteiger partial charge on any atom is 0.263 e. The first-order valence-electron chi connectivity index (χ1n) is 9.33. The lowest BCUT2D eigenvalue weighted by molar-refractivity contribution is 0.292. The highest BCUT2D eigenvalue weighted by atomic mass is 19.1. The van der Waals surface area contributed by atoms with Gasteiger partial charge >= 0.3 is 0 Å². The van der Waals surface area contributed by atoms with Crippen molar-refractivity contribution in [1.82, 2.24) is 9.55 Å². The normalized spacial score (nSPS) is 12.1. The van der Waals surface area contributed by atoms with Crippen molar-refractivity contribution in [3.63, 3.8) is 0 Å². The fraction of sp³-hybridized carbons (Fsp3) is 0.0833. The van der Waals surface area contributed by atoms with Crippen LogP contribution in [0.1, 0.15) is 11.3 Å². The first kappa shape index (κ1) is 17.4. The van der Waals surface area contributed by atoms with E-state index in [1.54, 1.807) is 29.8 Å². The van der Waals surface area contributed by atoms with Gasteiger partial charge in [-0.2, -0.15) is 0 Å². The van der Waals surface area contributed by atoms with Crippen molar-refractivity contribution in [3.8, 4) is 33.8 Å². The SMILES string of the molecule is Cc1c(F)cccc1-c1cc2c(n(-c3ccccc3)c1=O)COc1cccnc1-2. The third-order valence-electron chi connectivity index (χ3n) is 5.27. The monoisotopic (exact) mass is 384 g/mol. The molecule has 5 rings (SSSR count). The average Bonchev–Trinajstić information content (AvgIpc) is 2.76. The molecule has 4 nitrogen and oxygen atoms in total. The molecule has 0 atom stereocenters. The summed E-state index contributed by atoms with van der Waals surface area (Å²) in [6.07, 6.45) is 1.70. The summed E-state index contributed by atoms with van der Waals surface area (Å²) >= 11 is 0. The van der Waals surface area contributed by atoms with Crippen LogP contribution in [0.3, 0.4) is 0 Å². The van der Waals surface area contributed by atoms with E-state index in [0.29, 0.717) is 28.1 Å². The minimum atomic E-state index is -0.340. The molecule has 0 fully saturated rings. The quantitative estimate of drug-likeness (QED) is 0.493. The van der Waals surface area contributed by atoms with Crippen molar-refractivity contribution in [2.75, 3.05) is 0 Å². The molecule has 0 spiro atoms. The van der Waals surface area contributed by atoms with E-state index in [1.807, 2.05) is 48.5 Å². The van der Waals surface area contributed by atoms with E-state index >= 15 is 0 Å². The van der Waals surface area contributed by atoms with Gasteiger partial charge in [0, 0.05) is 23.0 Å². The Hall–Kier alpha value is -3.73. The number of rotatable bonds is 2. The van der Waals surface area contributed by atoms with Gasteiger partial charge in [0.05, 0.1) is 5.69 Å². The molecule has 0 saturated heterocycles.